The minimum Gasteiger partial charge on any atom is -0.465 e. The molecule has 0 aliphatic heterocycles. The molecule has 3 heteroatoms. The Bertz CT molecular complexity index is 266. The van der Waals surface area contributed by atoms with Gasteiger partial charge in [-0.3, -0.25) is 0 Å². The number of rotatable bonds is 2. The van der Waals surface area contributed by atoms with Gasteiger partial charge < -0.3 is 4.74 Å². The van der Waals surface area contributed by atoms with Crippen LogP contribution in [-0.2, 0) is 4.74 Å². The number of hydrogen-bond donors (Lipinski definition) is 0. The van der Waals surface area contributed by atoms with Gasteiger partial charge in [0.25, 0.3) is 0 Å². The Morgan fingerprint density at radius 2 is 1.92 bits per heavy atom. The second-order valence-electron chi connectivity index (χ2n) is 2.32. The van der Waals surface area contributed by atoms with Gasteiger partial charge in [0, 0.05) is 0 Å². The van der Waals surface area contributed by atoms with Gasteiger partial charge in [0.2, 0.25) is 0 Å². The SMILES string of the molecule is COC(=O)c1ccc(PC)cc1. The maximum atomic E-state index is 11.0. The molecule has 0 bridgehead atoms. The van der Waals surface area contributed by atoms with E-state index < -0.39 is 0 Å². The fourth-order valence-electron chi connectivity index (χ4n) is 0.891. The van der Waals surface area contributed by atoms with Crippen LogP contribution in [0.3, 0.4) is 0 Å². The van der Waals surface area contributed by atoms with Crippen molar-refractivity contribution in [1.82, 2.24) is 0 Å². The van der Waals surface area contributed by atoms with Gasteiger partial charge in [-0.2, -0.15) is 0 Å². The molecule has 12 heavy (non-hydrogen) atoms. The first kappa shape index (κ1) is 9.21. The van der Waals surface area contributed by atoms with E-state index in [0.29, 0.717) is 5.56 Å². The summed E-state index contributed by atoms with van der Waals surface area (Å²) in [6, 6.07) is 7.48. The maximum Gasteiger partial charge on any atom is 0.337 e. The summed E-state index contributed by atoms with van der Waals surface area (Å²) in [4.78, 5) is 11.0. The molecule has 0 saturated carbocycles. The summed E-state index contributed by atoms with van der Waals surface area (Å²) < 4.78 is 4.57. The minimum atomic E-state index is -0.277. The molecule has 0 aromatic heterocycles. The Morgan fingerprint density at radius 3 is 2.33 bits per heavy atom. The molecule has 0 amide bonds. The number of carbonyl (C=O) groups excluding carboxylic acids is 1. The molecule has 1 aromatic rings. The predicted octanol–water partition coefficient (Wildman–Crippen LogP) is 1.41. The lowest BCUT2D eigenvalue weighted by molar-refractivity contribution is 0.0601. The van der Waals surface area contributed by atoms with Crippen LogP contribution in [0.2, 0.25) is 0 Å². The van der Waals surface area contributed by atoms with Crippen molar-refractivity contribution in [3.63, 3.8) is 0 Å². The first-order chi connectivity index (χ1) is 5.77. The summed E-state index contributed by atoms with van der Waals surface area (Å²) >= 11 is 0. The number of ether oxygens (including phenoxy) is 1. The second kappa shape index (κ2) is 4.22. The van der Waals surface area contributed by atoms with Crippen LogP contribution in [0, 0.1) is 0 Å². The molecular formula is C9H11O2P. The van der Waals surface area contributed by atoms with Crippen LogP contribution in [0.5, 0.6) is 0 Å². The first-order valence-electron chi connectivity index (χ1n) is 3.64. The Kier molecular flexibility index (Phi) is 3.24. The molecule has 1 aromatic carbocycles. The van der Waals surface area contributed by atoms with Gasteiger partial charge in [-0.05, 0) is 24.1 Å². The summed E-state index contributed by atoms with van der Waals surface area (Å²) in [5.74, 6) is -0.277. The van der Waals surface area contributed by atoms with Gasteiger partial charge in [-0.1, -0.05) is 20.7 Å². The van der Waals surface area contributed by atoms with Crippen molar-refractivity contribution in [2.75, 3.05) is 13.8 Å². The van der Waals surface area contributed by atoms with Crippen LogP contribution >= 0.6 is 8.58 Å². The zero-order valence-corrected chi connectivity index (χ0v) is 8.13. The number of hydrogen-bond acceptors (Lipinski definition) is 2. The molecule has 0 N–H and O–H groups in total. The van der Waals surface area contributed by atoms with Gasteiger partial charge in [0.15, 0.2) is 0 Å². The van der Waals surface area contributed by atoms with Crippen molar-refractivity contribution in [3.8, 4) is 0 Å². The van der Waals surface area contributed by atoms with E-state index in [-0.39, 0.29) is 5.97 Å². The number of carbonyl (C=O) groups is 1. The molecule has 64 valence electrons. The average molecular weight is 182 g/mol. The van der Waals surface area contributed by atoms with Crippen molar-refractivity contribution >= 4 is 19.9 Å². The molecule has 0 aliphatic rings. The molecule has 0 saturated heterocycles. The number of esters is 1. The molecule has 1 unspecified atom stereocenters. The maximum absolute atomic E-state index is 11.0. The summed E-state index contributed by atoms with van der Waals surface area (Å²) in [7, 11) is 2.16. The summed E-state index contributed by atoms with van der Waals surface area (Å²) in [6.45, 7) is 2.10. The van der Waals surface area contributed by atoms with E-state index in [1.54, 1.807) is 12.1 Å². The summed E-state index contributed by atoms with van der Waals surface area (Å²) in [5, 5.41) is 1.25. The quantitative estimate of drug-likeness (QED) is 0.510. The predicted molar refractivity (Wildman–Crippen MR) is 51.7 cm³/mol. The van der Waals surface area contributed by atoms with Crippen molar-refractivity contribution in [2.45, 2.75) is 0 Å². The lowest BCUT2D eigenvalue weighted by Crippen LogP contribution is -2.02. The highest BCUT2D eigenvalue weighted by Crippen LogP contribution is 2.06. The highest BCUT2D eigenvalue weighted by Gasteiger charge is 2.02. The van der Waals surface area contributed by atoms with Gasteiger partial charge in [-0.25, -0.2) is 4.79 Å². The highest BCUT2D eigenvalue weighted by molar-refractivity contribution is 7.46. The standard InChI is InChI=1S/C9H11O2P/c1-11-9(10)7-3-5-8(12-2)6-4-7/h3-6,12H,1-2H3. The normalized spacial score (nSPS) is 10.5. The molecule has 1 atom stereocenters. The van der Waals surface area contributed by atoms with Crippen LogP contribution in [0.25, 0.3) is 0 Å². The Labute approximate surface area is 73.7 Å². The van der Waals surface area contributed by atoms with Crippen molar-refractivity contribution < 1.29 is 9.53 Å². The zero-order valence-electron chi connectivity index (χ0n) is 7.13. The molecule has 0 heterocycles. The Morgan fingerprint density at radius 1 is 1.33 bits per heavy atom. The summed E-state index contributed by atoms with van der Waals surface area (Å²) in [5.41, 5.74) is 0.611. The van der Waals surface area contributed by atoms with E-state index in [2.05, 4.69) is 11.4 Å². The fraction of sp³-hybridized carbons (Fsp3) is 0.222. The third-order valence-corrected chi connectivity index (χ3v) is 2.51. The molecule has 0 spiro atoms. The van der Waals surface area contributed by atoms with Crippen molar-refractivity contribution in [1.29, 1.82) is 0 Å². The smallest absolute Gasteiger partial charge is 0.337 e. The van der Waals surface area contributed by atoms with E-state index in [1.807, 2.05) is 12.1 Å². The van der Waals surface area contributed by atoms with Crippen molar-refractivity contribution in [3.05, 3.63) is 29.8 Å². The van der Waals surface area contributed by atoms with Crippen molar-refractivity contribution in [2.24, 2.45) is 0 Å². The van der Waals surface area contributed by atoms with E-state index in [9.17, 15) is 4.79 Å². The molecule has 0 aliphatic carbocycles. The third-order valence-electron chi connectivity index (χ3n) is 1.59. The third kappa shape index (κ3) is 2.05. The second-order valence-corrected chi connectivity index (χ2v) is 3.40. The average Bonchev–Trinajstić information content (AvgIpc) is 2.17. The lowest BCUT2D eigenvalue weighted by Gasteiger charge is -1.99. The Balaban J connectivity index is 2.84. The van der Waals surface area contributed by atoms with E-state index in [1.165, 1.54) is 12.4 Å². The molecule has 0 radical (unpaired) electrons. The largest absolute Gasteiger partial charge is 0.465 e. The highest BCUT2D eigenvalue weighted by atomic mass is 31.1. The van der Waals surface area contributed by atoms with Crippen LogP contribution < -0.4 is 5.30 Å². The molecular weight excluding hydrogens is 171 g/mol. The minimum absolute atomic E-state index is 0.277. The number of benzene rings is 1. The molecule has 0 fully saturated rings. The lowest BCUT2D eigenvalue weighted by atomic mass is 10.2. The van der Waals surface area contributed by atoms with Crippen LogP contribution in [0.15, 0.2) is 24.3 Å². The Hall–Kier alpha value is -0.880. The van der Waals surface area contributed by atoms with E-state index in [0.717, 1.165) is 8.58 Å². The van der Waals surface area contributed by atoms with Crippen LogP contribution in [0.1, 0.15) is 10.4 Å². The monoisotopic (exact) mass is 182 g/mol. The topological polar surface area (TPSA) is 26.3 Å². The van der Waals surface area contributed by atoms with Crippen LogP contribution in [0.4, 0.5) is 0 Å². The zero-order chi connectivity index (χ0) is 8.97. The van der Waals surface area contributed by atoms with Gasteiger partial charge in [0.05, 0.1) is 12.7 Å². The first-order valence-corrected chi connectivity index (χ1v) is 5.14. The molecule has 2 nitrogen and oxygen atoms in total. The van der Waals surface area contributed by atoms with E-state index >= 15 is 0 Å². The number of methoxy groups -OCH3 is 1. The van der Waals surface area contributed by atoms with E-state index in [4.69, 9.17) is 0 Å². The van der Waals surface area contributed by atoms with Crippen LogP contribution in [-0.4, -0.2) is 19.7 Å². The van der Waals surface area contributed by atoms with Gasteiger partial charge in [-0.15, -0.1) is 0 Å². The van der Waals surface area contributed by atoms with Gasteiger partial charge in [0.1, 0.15) is 0 Å². The molecule has 1 rings (SSSR count). The summed E-state index contributed by atoms with van der Waals surface area (Å²) in [6.07, 6.45) is 0. The van der Waals surface area contributed by atoms with Gasteiger partial charge >= 0.3 is 5.97 Å². The fourth-order valence-corrected chi connectivity index (χ4v) is 1.39.